The number of aromatic nitrogens is 4. The van der Waals surface area contributed by atoms with E-state index in [1.807, 2.05) is 23.7 Å². The molecular weight excluding hydrogens is 438 g/mol. The molecule has 0 amide bonds. The summed E-state index contributed by atoms with van der Waals surface area (Å²) in [6.07, 6.45) is 3.86. The van der Waals surface area contributed by atoms with Crippen LogP contribution in [0, 0.1) is 6.92 Å². The lowest BCUT2D eigenvalue weighted by Gasteiger charge is -2.10. The Morgan fingerprint density at radius 2 is 1.79 bits per heavy atom. The molecule has 0 bridgehead atoms. The highest BCUT2D eigenvalue weighted by Gasteiger charge is 2.15. The number of nitrogens with zero attached hydrogens (tertiary/aromatic N) is 3. The minimum Gasteiger partial charge on any atom is -0.353 e. The van der Waals surface area contributed by atoms with E-state index in [2.05, 4.69) is 107 Å². The van der Waals surface area contributed by atoms with Crippen molar-refractivity contribution in [2.24, 2.45) is 0 Å². The van der Waals surface area contributed by atoms with Crippen molar-refractivity contribution in [3.05, 3.63) is 83.5 Å². The second-order valence-electron chi connectivity index (χ2n) is 9.01. The van der Waals surface area contributed by atoms with Crippen molar-refractivity contribution in [1.29, 1.82) is 0 Å². The quantitative estimate of drug-likeness (QED) is 0.293. The minimum absolute atomic E-state index is 0.862. The van der Waals surface area contributed by atoms with Gasteiger partial charge in [-0.1, -0.05) is 18.2 Å². The van der Waals surface area contributed by atoms with Crippen LogP contribution in [0.3, 0.4) is 0 Å². The Kier molecular flexibility index (Phi) is 5.05. The van der Waals surface area contributed by atoms with Gasteiger partial charge in [-0.15, -0.1) is 11.3 Å². The summed E-state index contributed by atoms with van der Waals surface area (Å²) in [5.74, 6) is 0. The number of hydrogen-bond acceptors (Lipinski definition) is 4. The molecule has 0 aliphatic carbocycles. The fourth-order valence-electron chi connectivity index (χ4n) is 4.57. The summed E-state index contributed by atoms with van der Waals surface area (Å²) < 4.78 is 0. The van der Waals surface area contributed by atoms with E-state index in [0.29, 0.717) is 0 Å². The number of pyridine rings is 1. The van der Waals surface area contributed by atoms with E-state index in [1.54, 1.807) is 0 Å². The lowest BCUT2D eigenvalue weighted by Crippen LogP contribution is -2.10. The topological polar surface area (TPSA) is 60.6 Å². The molecule has 0 aliphatic heterocycles. The van der Waals surface area contributed by atoms with Crippen molar-refractivity contribution in [2.45, 2.75) is 13.5 Å². The number of aromatic amines is 2. The summed E-state index contributed by atoms with van der Waals surface area (Å²) in [4.78, 5) is 12.8. The van der Waals surface area contributed by atoms with Gasteiger partial charge in [0.25, 0.3) is 0 Å². The predicted molar refractivity (Wildman–Crippen MR) is 142 cm³/mol. The zero-order valence-corrected chi connectivity index (χ0v) is 20.2. The lowest BCUT2D eigenvalue weighted by atomic mass is 10.0. The summed E-state index contributed by atoms with van der Waals surface area (Å²) in [6.45, 7) is 3.01. The molecule has 168 valence electrons. The minimum atomic E-state index is 0.862. The fourth-order valence-corrected chi connectivity index (χ4v) is 5.48. The highest BCUT2D eigenvalue weighted by atomic mass is 32.1. The molecule has 0 unspecified atom stereocenters. The zero-order valence-electron chi connectivity index (χ0n) is 19.4. The van der Waals surface area contributed by atoms with E-state index in [9.17, 15) is 0 Å². The van der Waals surface area contributed by atoms with Crippen molar-refractivity contribution in [2.75, 3.05) is 14.1 Å². The number of benzene rings is 2. The van der Waals surface area contributed by atoms with E-state index in [4.69, 9.17) is 0 Å². The first-order chi connectivity index (χ1) is 16.5. The van der Waals surface area contributed by atoms with Gasteiger partial charge in [-0.2, -0.15) is 5.10 Å². The largest absolute Gasteiger partial charge is 0.353 e. The van der Waals surface area contributed by atoms with Crippen molar-refractivity contribution >= 4 is 33.1 Å². The van der Waals surface area contributed by atoms with Crippen LogP contribution in [0.4, 0.5) is 0 Å². The average molecular weight is 464 g/mol. The molecule has 0 spiro atoms. The van der Waals surface area contributed by atoms with Gasteiger partial charge < -0.3 is 9.88 Å². The molecule has 6 rings (SSSR count). The van der Waals surface area contributed by atoms with E-state index in [-0.39, 0.29) is 0 Å². The second kappa shape index (κ2) is 8.24. The van der Waals surface area contributed by atoms with E-state index >= 15 is 0 Å². The van der Waals surface area contributed by atoms with Crippen LogP contribution in [0.5, 0.6) is 0 Å². The number of fused-ring (bicyclic) bond motifs is 2. The summed E-state index contributed by atoms with van der Waals surface area (Å²) in [5.41, 5.74) is 8.77. The molecular formula is C28H25N5S. The van der Waals surface area contributed by atoms with Crippen LogP contribution in [0.25, 0.3) is 54.8 Å². The van der Waals surface area contributed by atoms with Crippen molar-refractivity contribution in [3.8, 4) is 33.0 Å². The third-order valence-electron chi connectivity index (χ3n) is 6.11. The molecule has 0 fully saturated rings. The summed E-state index contributed by atoms with van der Waals surface area (Å²) >= 11 is 1.82. The second-order valence-corrected chi connectivity index (χ2v) is 10.3. The first kappa shape index (κ1) is 20.8. The normalized spacial score (nSPS) is 11.8. The molecule has 0 aliphatic rings. The molecule has 4 aromatic heterocycles. The van der Waals surface area contributed by atoms with Gasteiger partial charge >= 0.3 is 0 Å². The first-order valence-corrected chi connectivity index (χ1v) is 12.1. The van der Waals surface area contributed by atoms with Gasteiger partial charge in [-0.25, -0.2) is 0 Å². The van der Waals surface area contributed by atoms with E-state index < -0.39 is 0 Å². The van der Waals surface area contributed by atoms with Gasteiger partial charge in [0, 0.05) is 56.1 Å². The van der Waals surface area contributed by atoms with Crippen LogP contribution in [0.2, 0.25) is 0 Å². The molecule has 5 nitrogen and oxygen atoms in total. The van der Waals surface area contributed by atoms with Gasteiger partial charge in [-0.3, -0.25) is 10.1 Å². The Morgan fingerprint density at radius 1 is 0.882 bits per heavy atom. The molecule has 0 saturated carbocycles. The zero-order chi connectivity index (χ0) is 23.2. The Morgan fingerprint density at radius 3 is 2.62 bits per heavy atom. The SMILES string of the molecule is Cc1ccc(-c2cccc3[nH]c(-c4n[nH]c5ccc(-c6cncc(CN(C)C)c6)cc45)cc23)s1. The number of thiophene rings is 1. The van der Waals surface area contributed by atoms with Crippen LogP contribution in [0.15, 0.2) is 73.1 Å². The van der Waals surface area contributed by atoms with Crippen molar-refractivity contribution in [1.82, 2.24) is 25.1 Å². The maximum absolute atomic E-state index is 4.68. The Labute approximate surface area is 202 Å². The van der Waals surface area contributed by atoms with E-state index in [0.717, 1.165) is 45.5 Å². The molecule has 2 aromatic carbocycles. The van der Waals surface area contributed by atoms with Gasteiger partial charge in [0.05, 0.1) is 11.2 Å². The summed E-state index contributed by atoms with van der Waals surface area (Å²) in [5, 5.41) is 10.2. The summed E-state index contributed by atoms with van der Waals surface area (Å²) in [7, 11) is 4.14. The molecule has 0 atom stereocenters. The maximum Gasteiger partial charge on any atom is 0.116 e. The van der Waals surface area contributed by atoms with Crippen LogP contribution >= 0.6 is 11.3 Å². The number of hydrogen-bond donors (Lipinski definition) is 2. The van der Waals surface area contributed by atoms with Crippen molar-refractivity contribution in [3.63, 3.8) is 0 Å². The molecule has 6 heteroatoms. The number of rotatable bonds is 5. The Hall–Kier alpha value is -3.74. The van der Waals surface area contributed by atoms with Gasteiger partial charge in [0.2, 0.25) is 0 Å². The highest BCUT2D eigenvalue weighted by Crippen LogP contribution is 2.37. The monoisotopic (exact) mass is 463 g/mol. The van der Waals surface area contributed by atoms with Gasteiger partial charge in [0.1, 0.15) is 5.69 Å². The predicted octanol–water partition coefficient (Wildman–Crippen LogP) is 6.87. The third-order valence-corrected chi connectivity index (χ3v) is 7.15. The first-order valence-electron chi connectivity index (χ1n) is 11.3. The standard InChI is InChI=1S/C28H25N5S/c1-17-7-10-27(34-17)21-5-4-6-24-22(21)13-26(30-24)28-23-12-19(8-9-25(23)31-32-28)20-11-18(14-29-15-20)16-33(2)3/h4-15,30H,16H2,1-3H3,(H,31,32). The highest BCUT2D eigenvalue weighted by molar-refractivity contribution is 7.15. The molecule has 0 saturated heterocycles. The molecule has 6 aromatic rings. The molecule has 2 N–H and O–H groups in total. The number of aryl methyl sites for hydroxylation is 1. The molecule has 0 radical (unpaired) electrons. The lowest BCUT2D eigenvalue weighted by molar-refractivity contribution is 0.402. The van der Waals surface area contributed by atoms with Crippen LogP contribution in [0.1, 0.15) is 10.4 Å². The Bertz CT molecular complexity index is 1640. The van der Waals surface area contributed by atoms with Gasteiger partial charge in [0.15, 0.2) is 0 Å². The molecule has 34 heavy (non-hydrogen) atoms. The maximum atomic E-state index is 4.68. The smallest absolute Gasteiger partial charge is 0.116 e. The van der Waals surface area contributed by atoms with Crippen molar-refractivity contribution < 1.29 is 0 Å². The number of nitrogens with one attached hydrogen (secondary N) is 2. The summed E-state index contributed by atoms with van der Waals surface area (Å²) in [6, 6.07) is 21.7. The van der Waals surface area contributed by atoms with E-state index in [1.165, 1.54) is 26.3 Å². The Balaban J connectivity index is 1.45. The van der Waals surface area contributed by atoms with Gasteiger partial charge in [-0.05, 0) is 74.6 Å². The van der Waals surface area contributed by atoms with Crippen LogP contribution < -0.4 is 0 Å². The fraction of sp³-hybridized carbons (Fsp3) is 0.143. The average Bonchev–Trinajstić information content (AvgIpc) is 3.55. The van der Waals surface area contributed by atoms with Crippen LogP contribution in [-0.2, 0) is 6.54 Å². The van der Waals surface area contributed by atoms with Crippen LogP contribution in [-0.4, -0.2) is 39.2 Å². The molecule has 4 heterocycles. The number of H-pyrrole nitrogens is 2. The third kappa shape index (κ3) is 3.71.